The molecule has 23 heavy (non-hydrogen) atoms. The van der Waals surface area contributed by atoms with Crippen LogP contribution in [-0.2, 0) is 24.3 Å². The quantitative estimate of drug-likeness (QED) is 0.750. The minimum Gasteiger partial charge on any atom is -0.383 e. The molecule has 0 bridgehead atoms. The Morgan fingerprint density at radius 3 is 2.70 bits per heavy atom. The highest BCUT2D eigenvalue weighted by molar-refractivity contribution is 7.89. The lowest BCUT2D eigenvalue weighted by Crippen LogP contribution is -2.54. The summed E-state index contributed by atoms with van der Waals surface area (Å²) in [7, 11) is -2.00. The van der Waals surface area contributed by atoms with Crippen LogP contribution in [0.15, 0.2) is 35.2 Å². The van der Waals surface area contributed by atoms with Gasteiger partial charge in [-0.15, -0.1) is 0 Å². The van der Waals surface area contributed by atoms with Crippen LogP contribution >= 0.6 is 0 Å². The number of fused-ring (bicyclic) bond motifs is 1. The largest absolute Gasteiger partial charge is 0.383 e. The SMILES string of the molecule is COCCN1C(=O)CO[C@@H]2CN(S(=O)(=O)c3ccccc3)C[C@H]21. The van der Waals surface area contributed by atoms with Gasteiger partial charge in [0.1, 0.15) is 6.61 Å². The van der Waals surface area contributed by atoms with E-state index in [4.69, 9.17) is 9.47 Å². The molecule has 7 nitrogen and oxygen atoms in total. The van der Waals surface area contributed by atoms with Crippen LogP contribution in [0.3, 0.4) is 0 Å². The first-order valence-electron chi connectivity index (χ1n) is 7.49. The maximum atomic E-state index is 12.7. The van der Waals surface area contributed by atoms with Crippen molar-refractivity contribution in [2.75, 3.05) is 40.0 Å². The number of amides is 1. The fourth-order valence-electron chi connectivity index (χ4n) is 3.05. The second-order valence-electron chi connectivity index (χ2n) is 5.63. The number of methoxy groups -OCH3 is 1. The molecule has 3 rings (SSSR count). The molecule has 2 saturated heterocycles. The van der Waals surface area contributed by atoms with Gasteiger partial charge < -0.3 is 14.4 Å². The number of sulfonamides is 1. The lowest BCUT2D eigenvalue weighted by atomic mass is 10.1. The monoisotopic (exact) mass is 340 g/mol. The Labute approximate surface area is 135 Å². The summed E-state index contributed by atoms with van der Waals surface area (Å²) in [5, 5.41) is 0. The number of ether oxygens (including phenoxy) is 2. The number of nitrogens with zero attached hydrogens (tertiary/aromatic N) is 2. The molecule has 126 valence electrons. The van der Waals surface area contributed by atoms with E-state index in [-0.39, 0.29) is 42.6 Å². The molecule has 2 aliphatic heterocycles. The minimum absolute atomic E-state index is 0.00982. The van der Waals surface area contributed by atoms with Gasteiger partial charge in [0, 0.05) is 26.7 Å². The standard InChI is InChI=1S/C15H20N2O5S/c1-21-8-7-17-13-9-16(10-14(13)22-11-15(17)18)23(19,20)12-5-3-2-4-6-12/h2-6,13-14H,7-11H2,1H3/t13-,14-/m1/s1. The van der Waals surface area contributed by atoms with Crippen LogP contribution in [0.1, 0.15) is 0 Å². The average molecular weight is 340 g/mol. The van der Waals surface area contributed by atoms with E-state index in [0.717, 1.165) is 0 Å². The number of carbonyl (C=O) groups is 1. The Balaban J connectivity index is 1.80. The summed E-state index contributed by atoms with van der Waals surface area (Å²) in [6.07, 6.45) is -0.289. The number of hydrogen-bond donors (Lipinski definition) is 0. The summed E-state index contributed by atoms with van der Waals surface area (Å²) in [4.78, 5) is 14.0. The Bertz CT molecular complexity index is 664. The second kappa shape index (κ2) is 6.56. The van der Waals surface area contributed by atoms with Crippen molar-refractivity contribution < 1.29 is 22.7 Å². The molecule has 0 aromatic heterocycles. The van der Waals surface area contributed by atoms with Gasteiger partial charge in [0.2, 0.25) is 15.9 Å². The van der Waals surface area contributed by atoms with Crippen molar-refractivity contribution >= 4 is 15.9 Å². The molecular formula is C15H20N2O5S. The molecule has 1 aromatic rings. The molecule has 0 spiro atoms. The summed E-state index contributed by atoms with van der Waals surface area (Å²) < 4.78 is 37.4. The van der Waals surface area contributed by atoms with E-state index in [1.54, 1.807) is 42.3 Å². The van der Waals surface area contributed by atoms with Crippen molar-refractivity contribution in [1.29, 1.82) is 0 Å². The van der Waals surface area contributed by atoms with Gasteiger partial charge in [0.15, 0.2) is 0 Å². The Morgan fingerprint density at radius 2 is 2.00 bits per heavy atom. The first-order valence-corrected chi connectivity index (χ1v) is 8.93. The van der Waals surface area contributed by atoms with Gasteiger partial charge in [0.25, 0.3) is 0 Å². The van der Waals surface area contributed by atoms with Gasteiger partial charge in [-0.25, -0.2) is 8.42 Å². The first-order chi connectivity index (χ1) is 11.0. The van der Waals surface area contributed by atoms with E-state index in [9.17, 15) is 13.2 Å². The normalized spacial score (nSPS) is 25.6. The van der Waals surface area contributed by atoms with Crippen molar-refractivity contribution in [3.63, 3.8) is 0 Å². The molecule has 1 aromatic carbocycles. The molecule has 0 saturated carbocycles. The van der Waals surface area contributed by atoms with E-state index in [2.05, 4.69) is 0 Å². The molecule has 0 aliphatic carbocycles. The van der Waals surface area contributed by atoms with Gasteiger partial charge in [0.05, 0.1) is 23.6 Å². The summed E-state index contributed by atoms with van der Waals surface area (Å²) in [6.45, 7) is 1.36. The van der Waals surface area contributed by atoms with Crippen molar-refractivity contribution in [3.8, 4) is 0 Å². The summed E-state index contributed by atoms with van der Waals surface area (Å²) in [5.41, 5.74) is 0. The second-order valence-corrected chi connectivity index (χ2v) is 7.57. The maximum Gasteiger partial charge on any atom is 0.249 e. The van der Waals surface area contributed by atoms with Gasteiger partial charge >= 0.3 is 0 Å². The van der Waals surface area contributed by atoms with E-state index < -0.39 is 10.0 Å². The molecule has 0 unspecified atom stereocenters. The zero-order valence-electron chi connectivity index (χ0n) is 12.9. The zero-order valence-corrected chi connectivity index (χ0v) is 13.7. The highest BCUT2D eigenvalue weighted by Crippen LogP contribution is 2.28. The van der Waals surface area contributed by atoms with Crippen LogP contribution in [0.4, 0.5) is 0 Å². The summed E-state index contributed by atoms with van der Waals surface area (Å²) in [5.74, 6) is -0.123. The lowest BCUT2D eigenvalue weighted by molar-refractivity contribution is -0.153. The number of carbonyl (C=O) groups excluding carboxylic acids is 1. The zero-order chi connectivity index (χ0) is 16.4. The smallest absolute Gasteiger partial charge is 0.249 e. The highest BCUT2D eigenvalue weighted by atomic mass is 32.2. The molecular weight excluding hydrogens is 320 g/mol. The number of morpholine rings is 1. The van der Waals surface area contributed by atoms with Gasteiger partial charge in [-0.1, -0.05) is 18.2 Å². The molecule has 2 aliphatic rings. The maximum absolute atomic E-state index is 12.7. The third-order valence-corrected chi connectivity index (χ3v) is 6.11. The molecule has 2 atom stereocenters. The first kappa shape index (κ1) is 16.4. The fraction of sp³-hybridized carbons (Fsp3) is 0.533. The minimum atomic E-state index is -3.57. The Hall–Kier alpha value is -1.48. The van der Waals surface area contributed by atoms with Crippen molar-refractivity contribution in [1.82, 2.24) is 9.21 Å². The summed E-state index contributed by atoms with van der Waals surface area (Å²) in [6, 6.07) is 8.06. The Morgan fingerprint density at radius 1 is 1.26 bits per heavy atom. The fourth-order valence-corrected chi connectivity index (χ4v) is 4.54. The van der Waals surface area contributed by atoms with Crippen LogP contribution in [0, 0.1) is 0 Å². The van der Waals surface area contributed by atoms with Crippen LogP contribution in [0.2, 0.25) is 0 Å². The van der Waals surface area contributed by atoms with Crippen molar-refractivity contribution in [3.05, 3.63) is 30.3 Å². The van der Waals surface area contributed by atoms with Crippen LogP contribution in [0.25, 0.3) is 0 Å². The average Bonchev–Trinajstić information content (AvgIpc) is 3.00. The van der Waals surface area contributed by atoms with Gasteiger partial charge in [-0.2, -0.15) is 4.31 Å². The molecule has 2 fully saturated rings. The van der Waals surface area contributed by atoms with Crippen LogP contribution in [0.5, 0.6) is 0 Å². The molecule has 0 radical (unpaired) electrons. The van der Waals surface area contributed by atoms with Gasteiger partial charge in [-0.3, -0.25) is 4.79 Å². The predicted molar refractivity (Wildman–Crippen MR) is 82.3 cm³/mol. The topological polar surface area (TPSA) is 76.2 Å². The lowest BCUT2D eigenvalue weighted by Gasteiger charge is -2.36. The third kappa shape index (κ3) is 3.12. The van der Waals surface area contributed by atoms with Gasteiger partial charge in [-0.05, 0) is 12.1 Å². The van der Waals surface area contributed by atoms with Crippen molar-refractivity contribution in [2.45, 2.75) is 17.0 Å². The van der Waals surface area contributed by atoms with Crippen molar-refractivity contribution in [2.24, 2.45) is 0 Å². The number of benzene rings is 1. The molecule has 2 heterocycles. The summed E-state index contributed by atoms with van der Waals surface area (Å²) >= 11 is 0. The molecule has 1 amide bonds. The van der Waals surface area contributed by atoms with Crippen LogP contribution in [-0.4, -0.2) is 75.6 Å². The van der Waals surface area contributed by atoms with E-state index in [0.29, 0.717) is 13.2 Å². The van der Waals surface area contributed by atoms with E-state index in [1.807, 2.05) is 0 Å². The number of rotatable bonds is 5. The molecule has 0 N–H and O–H groups in total. The predicted octanol–water partition coefficient (Wildman–Crippen LogP) is -0.0667. The van der Waals surface area contributed by atoms with Crippen LogP contribution < -0.4 is 0 Å². The van der Waals surface area contributed by atoms with E-state index in [1.165, 1.54) is 4.31 Å². The van der Waals surface area contributed by atoms with E-state index >= 15 is 0 Å². The number of hydrogen-bond acceptors (Lipinski definition) is 5. The Kier molecular flexibility index (Phi) is 4.67. The highest BCUT2D eigenvalue weighted by Gasteiger charge is 2.46. The third-order valence-electron chi connectivity index (χ3n) is 4.26. The molecule has 8 heteroatoms.